The van der Waals surface area contributed by atoms with Crippen LogP contribution in [0.1, 0.15) is 0 Å². The van der Waals surface area contributed by atoms with E-state index in [0.717, 1.165) is 0 Å². The molecule has 0 spiro atoms. The number of hydrogen-bond acceptors (Lipinski definition) is 4. The number of para-hydroxylation sites is 1. The van der Waals surface area contributed by atoms with Gasteiger partial charge in [0, 0.05) is 5.39 Å². The summed E-state index contributed by atoms with van der Waals surface area (Å²) in [6, 6.07) is 16.2. The minimum Gasteiger partial charge on any atom is -0.503 e. The minimum atomic E-state index is -0.319. The molecule has 2 N–H and O–H groups in total. The van der Waals surface area contributed by atoms with E-state index in [1.165, 1.54) is 4.68 Å². The Hall–Kier alpha value is -2.82. The average Bonchev–Trinajstić information content (AvgIpc) is 2.71. The summed E-state index contributed by atoms with van der Waals surface area (Å²) in [7, 11) is 0. The highest BCUT2D eigenvalue weighted by atomic mass is 16.3. The topological polar surface area (TPSA) is 70.1 Å². The summed E-state index contributed by atoms with van der Waals surface area (Å²) in [5, 5.41) is 28.2. The summed E-state index contributed by atoms with van der Waals surface area (Å²) < 4.78 is 1.21. The number of aromatic hydroxyl groups is 2. The summed E-state index contributed by atoms with van der Waals surface area (Å²) >= 11 is 0. The largest absolute Gasteiger partial charge is 0.503 e. The highest BCUT2D eigenvalue weighted by molar-refractivity contribution is 5.89. The van der Waals surface area contributed by atoms with Crippen LogP contribution in [0.2, 0.25) is 0 Å². The summed E-state index contributed by atoms with van der Waals surface area (Å²) in [6.45, 7) is 0. The third kappa shape index (κ3) is 1.91. The van der Waals surface area contributed by atoms with E-state index in [9.17, 15) is 10.2 Å². The van der Waals surface area contributed by atoms with Gasteiger partial charge in [-0.05, 0) is 24.3 Å². The monoisotopic (exact) mass is 253 g/mol. The van der Waals surface area contributed by atoms with E-state index in [0.29, 0.717) is 16.6 Å². The van der Waals surface area contributed by atoms with Crippen molar-refractivity contribution in [2.75, 3.05) is 0 Å². The Bertz CT molecular complexity index is 748. The van der Waals surface area contributed by atoms with Crippen molar-refractivity contribution in [1.29, 1.82) is 0 Å². The molecule has 3 rings (SSSR count). The number of hydrogen-bond donors (Lipinski definition) is 2. The van der Waals surface area contributed by atoms with Crippen molar-refractivity contribution in [1.82, 2.24) is 4.68 Å². The molecule has 1 heterocycles. The molecule has 2 aromatic carbocycles. The lowest BCUT2D eigenvalue weighted by molar-refractivity contribution is 0.380. The van der Waals surface area contributed by atoms with Crippen LogP contribution >= 0.6 is 0 Å². The zero-order chi connectivity index (χ0) is 13.2. The number of nitrogens with zero attached hydrogens (tertiary/aromatic N) is 3. The van der Waals surface area contributed by atoms with Gasteiger partial charge in [0.05, 0.1) is 11.2 Å². The quantitative estimate of drug-likeness (QED) is 0.685. The second kappa shape index (κ2) is 4.45. The molecule has 0 fully saturated rings. The Morgan fingerprint density at radius 2 is 1.53 bits per heavy atom. The zero-order valence-electron chi connectivity index (χ0n) is 9.93. The van der Waals surface area contributed by atoms with Gasteiger partial charge in [0.1, 0.15) is 0 Å². The van der Waals surface area contributed by atoms with Gasteiger partial charge in [0.25, 0.3) is 5.88 Å². The second-order valence-corrected chi connectivity index (χ2v) is 4.03. The molecule has 0 bridgehead atoms. The number of benzene rings is 2. The molecule has 0 aliphatic rings. The Morgan fingerprint density at radius 3 is 2.32 bits per heavy atom. The molecule has 5 nitrogen and oxygen atoms in total. The maximum Gasteiger partial charge on any atom is 0.258 e. The van der Waals surface area contributed by atoms with Gasteiger partial charge in [0.15, 0.2) is 5.75 Å². The summed E-state index contributed by atoms with van der Waals surface area (Å²) in [5.41, 5.74) is 1.26. The van der Waals surface area contributed by atoms with Crippen LogP contribution < -0.4 is 0 Å². The van der Waals surface area contributed by atoms with Crippen LogP contribution in [0.25, 0.3) is 10.9 Å². The van der Waals surface area contributed by atoms with Gasteiger partial charge in [0.2, 0.25) is 0 Å². The lowest BCUT2D eigenvalue weighted by atomic mass is 10.2. The fourth-order valence-corrected chi connectivity index (χ4v) is 1.87. The molecule has 19 heavy (non-hydrogen) atoms. The molecule has 5 heteroatoms. The third-order valence-electron chi connectivity index (χ3n) is 2.81. The molecule has 0 unspecified atom stereocenters. The fourth-order valence-electron chi connectivity index (χ4n) is 1.87. The van der Waals surface area contributed by atoms with Crippen LogP contribution in [-0.2, 0) is 0 Å². The van der Waals surface area contributed by atoms with Gasteiger partial charge in [-0.2, -0.15) is 4.68 Å². The third-order valence-corrected chi connectivity index (χ3v) is 2.81. The van der Waals surface area contributed by atoms with Crippen molar-refractivity contribution in [2.24, 2.45) is 10.3 Å². The van der Waals surface area contributed by atoms with Crippen LogP contribution in [0.3, 0.4) is 0 Å². The maximum atomic E-state index is 9.86. The molecule has 0 amide bonds. The fraction of sp³-hybridized carbons (Fsp3) is 0. The summed E-state index contributed by atoms with van der Waals surface area (Å²) in [5.74, 6) is -0.511. The van der Waals surface area contributed by atoms with E-state index in [2.05, 4.69) is 10.3 Å². The molecule has 0 aliphatic heterocycles. The van der Waals surface area contributed by atoms with E-state index in [1.807, 2.05) is 18.2 Å². The van der Waals surface area contributed by atoms with Crippen LogP contribution in [0.15, 0.2) is 64.9 Å². The second-order valence-electron chi connectivity index (χ2n) is 4.03. The SMILES string of the molecule is Oc1c(O)n(N=Nc2ccccc2)c2ccccc12. The predicted octanol–water partition coefficient (Wildman–Crippen LogP) is 3.60. The van der Waals surface area contributed by atoms with Crippen LogP contribution in [0.4, 0.5) is 5.69 Å². The molecule has 0 aliphatic carbocycles. The molecular weight excluding hydrogens is 242 g/mol. The summed E-state index contributed by atoms with van der Waals surface area (Å²) in [4.78, 5) is 0. The predicted molar refractivity (Wildman–Crippen MR) is 71.6 cm³/mol. The molecule has 0 radical (unpaired) electrons. The zero-order valence-corrected chi connectivity index (χ0v) is 9.93. The molecule has 3 aromatic rings. The van der Waals surface area contributed by atoms with E-state index in [1.54, 1.807) is 36.4 Å². The van der Waals surface area contributed by atoms with E-state index in [-0.39, 0.29) is 11.6 Å². The first kappa shape index (κ1) is 11.3. The highest BCUT2D eigenvalue weighted by Crippen LogP contribution is 2.37. The summed E-state index contributed by atoms with van der Waals surface area (Å²) in [6.07, 6.45) is 0. The molecule has 1 aromatic heterocycles. The van der Waals surface area contributed by atoms with Gasteiger partial charge >= 0.3 is 0 Å². The first-order valence-corrected chi connectivity index (χ1v) is 5.76. The van der Waals surface area contributed by atoms with Gasteiger partial charge < -0.3 is 10.2 Å². The van der Waals surface area contributed by atoms with E-state index in [4.69, 9.17) is 0 Å². The number of fused-ring (bicyclic) bond motifs is 1. The molecule has 0 saturated carbocycles. The van der Waals surface area contributed by atoms with Crippen LogP contribution in [0.5, 0.6) is 11.6 Å². The first-order chi connectivity index (χ1) is 9.27. The van der Waals surface area contributed by atoms with Gasteiger partial charge in [-0.3, -0.25) is 0 Å². The van der Waals surface area contributed by atoms with Crippen LogP contribution in [0, 0.1) is 0 Å². The Kier molecular flexibility index (Phi) is 2.64. The molecule has 0 saturated heterocycles. The van der Waals surface area contributed by atoms with Gasteiger partial charge in [-0.15, -0.1) is 5.11 Å². The maximum absolute atomic E-state index is 9.86. The smallest absolute Gasteiger partial charge is 0.258 e. The lowest BCUT2D eigenvalue weighted by Gasteiger charge is -1.97. The van der Waals surface area contributed by atoms with E-state index >= 15 is 0 Å². The molecular formula is C14H11N3O2. The van der Waals surface area contributed by atoms with Gasteiger partial charge in [-0.25, -0.2) is 0 Å². The van der Waals surface area contributed by atoms with Crippen LogP contribution in [-0.4, -0.2) is 14.9 Å². The molecule has 94 valence electrons. The number of aromatic nitrogens is 1. The van der Waals surface area contributed by atoms with Crippen molar-refractivity contribution in [3.63, 3.8) is 0 Å². The Labute approximate surface area is 109 Å². The Morgan fingerprint density at radius 1 is 0.842 bits per heavy atom. The number of rotatable bonds is 2. The lowest BCUT2D eigenvalue weighted by Crippen LogP contribution is -1.84. The normalized spacial score (nSPS) is 11.4. The van der Waals surface area contributed by atoms with E-state index < -0.39 is 0 Å². The minimum absolute atomic E-state index is 0.192. The molecule has 0 atom stereocenters. The Balaban J connectivity index is 2.11. The highest BCUT2D eigenvalue weighted by Gasteiger charge is 2.14. The first-order valence-electron chi connectivity index (χ1n) is 5.76. The van der Waals surface area contributed by atoms with Crippen molar-refractivity contribution < 1.29 is 10.2 Å². The van der Waals surface area contributed by atoms with Gasteiger partial charge in [-0.1, -0.05) is 35.6 Å². The van der Waals surface area contributed by atoms with Crippen molar-refractivity contribution in [3.05, 3.63) is 54.6 Å². The van der Waals surface area contributed by atoms with Crippen molar-refractivity contribution in [3.8, 4) is 11.6 Å². The average molecular weight is 253 g/mol. The standard InChI is InChI=1S/C14H11N3O2/c18-13-11-8-4-5-9-12(11)17(14(13)19)16-15-10-6-2-1-3-7-10/h1-9,18-19H. The van der Waals surface area contributed by atoms with Crippen molar-refractivity contribution >= 4 is 16.6 Å². The van der Waals surface area contributed by atoms with Crippen molar-refractivity contribution in [2.45, 2.75) is 0 Å².